The van der Waals surface area contributed by atoms with Gasteiger partial charge in [-0.1, -0.05) is 0 Å². The second-order valence-corrected chi connectivity index (χ2v) is 6.94. The third-order valence-electron chi connectivity index (χ3n) is 4.61. The highest BCUT2D eigenvalue weighted by Crippen LogP contribution is 2.33. The Morgan fingerprint density at radius 3 is 3.05 bits per heavy atom. The number of hydrogen-bond donors (Lipinski definition) is 2. The lowest BCUT2D eigenvalue weighted by Crippen LogP contribution is -2.52. The van der Waals surface area contributed by atoms with Crippen LogP contribution in [0.3, 0.4) is 0 Å². The van der Waals surface area contributed by atoms with Crippen LogP contribution in [0.25, 0.3) is 0 Å². The number of carbonyl (C=O) groups excluding carboxylic acids is 1. The lowest BCUT2D eigenvalue weighted by atomic mass is 9.84. The van der Waals surface area contributed by atoms with E-state index in [-0.39, 0.29) is 11.4 Å². The molecule has 1 aromatic heterocycles. The molecule has 7 heteroatoms. The molecule has 2 saturated heterocycles. The molecular formula is C15H24N4O2S. The second-order valence-electron chi connectivity index (χ2n) is 6.08. The normalized spacial score (nSPS) is 22.4. The summed E-state index contributed by atoms with van der Waals surface area (Å²) in [6, 6.07) is 0. The van der Waals surface area contributed by atoms with Crippen molar-refractivity contribution in [3.05, 3.63) is 11.1 Å². The number of nitrogens with one attached hydrogen (secondary N) is 2. The van der Waals surface area contributed by atoms with Gasteiger partial charge in [0, 0.05) is 50.7 Å². The molecule has 0 aliphatic carbocycles. The summed E-state index contributed by atoms with van der Waals surface area (Å²) in [4.78, 5) is 18.2. The monoisotopic (exact) mass is 324 g/mol. The molecule has 0 unspecified atom stereocenters. The molecule has 1 spiro atoms. The first-order chi connectivity index (χ1) is 10.7. The highest BCUT2D eigenvalue weighted by atomic mass is 32.1. The maximum Gasteiger partial charge on any atom is 0.223 e. The van der Waals surface area contributed by atoms with Gasteiger partial charge in [0.25, 0.3) is 0 Å². The number of thiazole rings is 1. The molecule has 3 heterocycles. The van der Waals surface area contributed by atoms with Crippen LogP contribution in [0.2, 0.25) is 0 Å². The van der Waals surface area contributed by atoms with E-state index in [1.54, 1.807) is 0 Å². The van der Waals surface area contributed by atoms with Gasteiger partial charge in [-0.25, -0.2) is 4.98 Å². The summed E-state index contributed by atoms with van der Waals surface area (Å²) in [5.41, 5.74) is 1.28. The molecule has 0 aromatic carbocycles. The lowest BCUT2D eigenvalue weighted by Gasteiger charge is -2.45. The van der Waals surface area contributed by atoms with Crippen LogP contribution in [0.15, 0.2) is 5.38 Å². The van der Waals surface area contributed by atoms with Crippen molar-refractivity contribution in [2.45, 2.75) is 38.3 Å². The van der Waals surface area contributed by atoms with Crippen LogP contribution in [0.5, 0.6) is 0 Å². The predicted molar refractivity (Wildman–Crippen MR) is 87.1 cm³/mol. The Morgan fingerprint density at radius 1 is 1.45 bits per heavy atom. The smallest absolute Gasteiger partial charge is 0.223 e. The van der Waals surface area contributed by atoms with E-state index in [4.69, 9.17) is 4.74 Å². The van der Waals surface area contributed by atoms with Crippen LogP contribution in [-0.2, 0) is 16.1 Å². The van der Waals surface area contributed by atoms with Gasteiger partial charge in [-0.2, -0.15) is 0 Å². The van der Waals surface area contributed by atoms with Gasteiger partial charge in [-0.05, 0) is 25.8 Å². The molecule has 3 rings (SSSR count). The molecule has 2 aliphatic rings. The van der Waals surface area contributed by atoms with Gasteiger partial charge in [-0.15, -0.1) is 11.3 Å². The Bertz CT molecular complexity index is 513. The molecule has 0 radical (unpaired) electrons. The number of carbonyl (C=O) groups is 1. The summed E-state index contributed by atoms with van der Waals surface area (Å²) in [7, 11) is 0. The van der Waals surface area contributed by atoms with E-state index in [1.807, 2.05) is 0 Å². The van der Waals surface area contributed by atoms with Crippen molar-refractivity contribution in [3.8, 4) is 0 Å². The van der Waals surface area contributed by atoms with E-state index in [1.165, 1.54) is 24.7 Å². The fraction of sp³-hybridized carbons (Fsp3) is 0.733. The van der Waals surface area contributed by atoms with Gasteiger partial charge in [0.05, 0.1) is 5.69 Å². The minimum atomic E-state index is -0.0687. The van der Waals surface area contributed by atoms with Gasteiger partial charge in [0.2, 0.25) is 5.91 Å². The average Bonchev–Trinajstić information content (AvgIpc) is 2.84. The Kier molecular flexibility index (Phi) is 5.07. The molecule has 1 aromatic rings. The Morgan fingerprint density at radius 2 is 2.27 bits per heavy atom. The number of amides is 1. The molecule has 2 fully saturated rings. The van der Waals surface area contributed by atoms with Gasteiger partial charge < -0.3 is 15.4 Å². The van der Waals surface area contributed by atoms with Crippen molar-refractivity contribution in [1.82, 2.24) is 15.2 Å². The molecule has 6 nitrogen and oxygen atoms in total. The van der Waals surface area contributed by atoms with Crippen molar-refractivity contribution in [3.63, 3.8) is 0 Å². The Hall–Kier alpha value is -1.02. The maximum absolute atomic E-state index is 11.1. The van der Waals surface area contributed by atoms with Gasteiger partial charge in [0.1, 0.15) is 0 Å². The van der Waals surface area contributed by atoms with E-state index in [0.29, 0.717) is 5.13 Å². The second kappa shape index (κ2) is 7.04. The lowest BCUT2D eigenvalue weighted by molar-refractivity contribution is -0.114. The van der Waals surface area contributed by atoms with Crippen molar-refractivity contribution < 1.29 is 9.53 Å². The van der Waals surface area contributed by atoms with E-state index < -0.39 is 0 Å². The highest BCUT2D eigenvalue weighted by Gasteiger charge is 2.39. The summed E-state index contributed by atoms with van der Waals surface area (Å²) >= 11 is 1.50. The molecular weight excluding hydrogens is 300 g/mol. The number of nitrogens with zero attached hydrogens (tertiary/aromatic N) is 2. The maximum atomic E-state index is 11.1. The molecule has 1 amide bonds. The third kappa shape index (κ3) is 3.65. The number of rotatable bonds is 3. The van der Waals surface area contributed by atoms with E-state index >= 15 is 0 Å². The van der Waals surface area contributed by atoms with Gasteiger partial charge >= 0.3 is 0 Å². The van der Waals surface area contributed by atoms with Crippen molar-refractivity contribution >= 4 is 22.4 Å². The van der Waals surface area contributed by atoms with Crippen LogP contribution >= 0.6 is 11.3 Å². The predicted octanol–water partition coefficient (Wildman–Crippen LogP) is 1.45. The van der Waals surface area contributed by atoms with Crippen molar-refractivity contribution in [2.75, 3.05) is 38.2 Å². The summed E-state index contributed by atoms with van der Waals surface area (Å²) < 4.78 is 5.58. The van der Waals surface area contributed by atoms with E-state index in [2.05, 4.69) is 25.9 Å². The van der Waals surface area contributed by atoms with Crippen LogP contribution in [0.1, 0.15) is 31.9 Å². The molecule has 0 bridgehead atoms. The first-order valence-corrected chi connectivity index (χ1v) is 8.81. The van der Waals surface area contributed by atoms with Crippen molar-refractivity contribution in [1.29, 1.82) is 0 Å². The molecule has 0 saturated carbocycles. The summed E-state index contributed by atoms with van der Waals surface area (Å²) in [5, 5.41) is 9.02. The minimum Gasteiger partial charge on any atom is -0.381 e. The fourth-order valence-corrected chi connectivity index (χ4v) is 4.15. The Labute approximate surface area is 135 Å². The van der Waals surface area contributed by atoms with Crippen LogP contribution < -0.4 is 10.6 Å². The summed E-state index contributed by atoms with van der Waals surface area (Å²) in [6.07, 6.45) is 3.35. The van der Waals surface area contributed by atoms with E-state index in [9.17, 15) is 4.79 Å². The zero-order chi connectivity index (χ0) is 15.4. The zero-order valence-electron chi connectivity index (χ0n) is 13.1. The quantitative estimate of drug-likeness (QED) is 0.881. The number of anilines is 1. The SMILES string of the molecule is CC(=O)Nc1nc(CN2CCNCCC23CCOCC3)cs1. The number of hydrogen-bond acceptors (Lipinski definition) is 6. The number of ether oxygens (including phenoxy) is 1. The first kappa shape index (κ1) is 15.9. The largest absolute Gasteiger partial charge is 0.381 e. The minimum absolute atomic E-state index is 0.0687. The first-order valence-electron chi connectivity index (χ1n) is 7.93. The third-order valence-corrected chi connectivity index (χ3v) is 5.41. The van der Waals surface area contributed by atoms with Crippen LogP contribution in [-0.4, -0.2) is 54.2 Å². The average molecular weight is 324 g/mol. The van der Waals surface area contributed by atoms with E-state index in [0.717, 1.165) is 57.9 Å². The standard InChI is InChI=1S/C15H24N4O2S/c1-12(20)17-14-18-13(11-22-14)10-19-7-6-16-5-2-15(19)3-8-21-9-4-15/h11,16H,2-10H2,1H3,(H,17,18,20). The molecule has 122 valence electrons. The topological polar surface area (TPSA) is 66.5 Å². The summed E-state index contributed by atoms with van der Waals surface area (Å²) in [6.45, 7) is 7.19. The highest BCUT2D eigenvalue weighted by molar-refractivity contribution is 7.13. The van der Waals surface area contributed by atoms with Crippen LogP contribution in [0, 0.1) is 0 Å². The molecule has 2 N–H and O–H groups in total. The van der Waals surface area contributed by atoms with Gasteiger partial charge in [-0.3, -0.25) is 9.69 Å². The molecule has 22 heavy (non-hydrogen) atoms. The molecule has 0 atom stereocenters. The zero-order valence-corrected chi connectivity index (χ0v) is 13.9. The van der Waals surface area contributed by atoms with Crippen LogP contribution in [0.4, 0.5) is 5.13 Å². The van der Waals surface area contributed by atoms with Crippen molar-refractivity contribution in [2.24, 2.45) is 0 Å². The fourth-order valence-electron chi connectivity index (χ4n) is 3.40. The van der Waals surface area contributed by atoms with Gasteiger partial charge in [0.15, 0.2) is 5.13 Å². The Balaban J connectivity index is 1.72. The number of aromatic nitrogens is 1. The summed E-state index contributed by atoms with van der Waals surface area (Å²) in [5.74, 6) is -0.0687. The molecule has 2 aliphatic heterocycles.